The molecule has 4 rings (SSSR count). The summed E-state index contributed by atoms with van der Waals surface area (Å²) in [6.07, 6.45) is -3.24. The average molecular weight is 557 g/mol. The largest absolute Gasteiger partial charge is 0.416 e. The van der Waals surface area contributed by atoms with E-state index in [1.807, 2.05) is 0 Å². The van der Waals surface area contributed by atoms with Crippen LogP contribution in [-0.4, -0.2) is 34.8 Å². The normalized spacial score (nSPS) is 16.0. The number of carbonyl (C=O) groups is 2. The topological polar surface area (TPSA) is 74.3 Å². The zero-order chi connectivity index (χ0) is 25.9. The fraction of sp³-hybridized carbons (Fsp3) is 0.292. The number of benzene rings is 2. The molecule has 190 valence electrons. The third-order valence-corrected chi connectivity index (χ3v) is 7.29. The smallest absolute Gasteiger partial charge is 0.352 e. The van der Waals surface area contributed by atoms with Gasteiger partial charge in [0.15, 0.2) is 5.13 Å². The van der Waals surface area contributed by atoms with Crippen LogP contribution >= 0.6 is 34.5 Å². The van der Waals surface area contributed by atoms with Crippen LogP contribution in [0.2, 0.25) is 10.0 Å². The molecule has 0 aliphatic carbocycles. The molecular formula is C24H21Cl2F3N4O2S. The Morgan fingerprint density at radius 3 is 2.72 bits per heavy atom. The van der Waals surface area contributed by atoms with Crippen molar-refractivity contribution in [1.29, 1.82) is 0 Å². The van der Waals surface area contributed by atoms with Crippen LogP contribution in [0.25, 0.3) is 0 Å². The summed E-state index contributed by atoms with van der Waals surface area (Å²) >= 11 is 13.5. The summed E-state index contributed by atoms with van der Waals surface area (Å²) in [5, 5.41) is 8.57. The van der Waals surface area contributed by atoms with E-state index < -0.39 is 17.7 Å². The van der Waals surface area contributed by atoms with Crippen molar-refractivity contribution in [2.24, 2.45) is 5.92 Å². The standard InChI is InChI=1S/C24H21Cl2F3N4O2S/c25-17-7-2-8-18(20(17)26)31-23-32-19(13-36-23)22(35)33-9-3-5-15(12-33)21(34)30-11-14-4-1-6-16(10-14)24(27,28)29/h1-2,4,6-8,10,13,15H,3,5,9,11-12H2,(H,30,34)(H,31,32)/t15-/m1/s1. The fourth-order valence-electron chi connectivity index (χ4n) is 3.87. The van der Waals surface area contributed by atoms with Crippen LogP contribution < -0.4 is 10.6 Å². The third-order valence-electron chi connectivity index (χ3n) is 5.72. The van der Waals surface area contributed by atoms with Gasteiger partial charge in [0.25, 0.3) is 5.91 Å². The van der Waals surface area contributed by atoms with E-state index >= 15 is 0 Å². The van der Waals surface area contributed by atoms with Gasteiger partial charge in [-0.1, -0.05) is 41.4 Å². The lowest BCUT2D eigenvalue weighted by Gasteiger charge is -2.31. The van der Waals surface area contributed by atoms with Crippen molar-refractivity contribution in [3.63, 3.8) is 0 Å². The minimum absolute atomic E-state index is 0.0274. The number of piperidine rings is 1. The van der Waals surface area contributed by atoms with E-state index in [0.717, 1.165) is 12.1 Å². The molecule has 2 heterocycles. The Morgan fingerprint density at radius 2 is 1.94 bits per heavy atom. The Balaban J connectivity index is 1.35. The highest BCUT2D eigenvalue weighted by Gasteiger charge is 2.31. The van der Waals surface area contributed by atoms with Gasteiger partial charge in [-0.25, -0.2) is 4.98 Å². The maximum Gasteiger partial charge on any atom is 0.416 e. The fourth-order valence-corrected chi connectivity index (χ4v) is 4.92. The predicted octanol–water partition coefficient (Wildman–Crippen LogP) is 6.38. The Kier molecular flexibility index (Phi) is 8.07. The molecule has 0 unspecified atom stereocenters. The van der Waals surface area contributed by atoms with Crippen LogP contribution in [0.3, 0.4) is 0 Å². The van der Waals surface area contributed by atoms with Gasteiger partial charge in [-0.2, -0.15) is 13.2 Å². The van der Waals surface area contributed by atoms with Gasteiger partial charge in [0.05, 0.1) is 27.2 Å². The maximum atomic E-state index is 13.0. The Hall–Kier alpha value is -2.82. The number of aromatic nitrogens is 1. The van der Waals surface area contributed by atoms with Gasteiger partial charge in [-0.3, -0.25) is 9.59 Å². The van der Waals surface area contributed by atoms with E-state index in [-0.39, 0.29) is 30.6 Å². The van der Waals surface area contributed by atoms with Crippen LogP contribution in [0.5, 0.6) is 0 Å². The molecule has 1 saturated heterocycles. The van der Waals surface area contributed by atoms with Crippen LogP contribution in [0, 0.1) is 5.92 Å². The van der Waals surface area contributed by atoms with E-state index in [1.165, 1.54) is 23.5 Å². The molecule has 0 bridgehead atoms. The molecule has 2 amide bonds. The minimum Gasteiger partial charge on any atom is -0.352 e. The van der Waals surface area contributed by atoms with Crippen LogP contribution in [0.15, 0.2) is 47.8 Å². The zero-order valence-corrected chi connectivity index (χ0v) is 21.1. The molecule has 0 radical (unpaired) electrons. The number of nitrogens with zero attached hydrogens (tertiary/aromatic N) is 2. The van der Waals surface area contributed by atoms with Gasteiger partial charge in [-0.05, 0) is 42.7 Å². The van der Waals surface area contributed by atoms with Crippen molar-refractivity contribution < 1.29 is 22.8 Å². The molecular weight excluding hydrogens is 536 g/mol. The van der Waals surface area contributed by atoms with Gasteiger partial charge in [-0.15, -0.1) is 11.3 Å². The lowest BCUT2D eigenvalue weighted by atomic mass is 9.96. The van der Waals surface area contributed by atoms with Gasteiger partial charge < -0.3 is 15.5 Å². The van der Waals surface area contributed by atoms with E-state index in [9.17, 15) is 22.8 Å². The van der Waals surface area contributed by atoms with E-state index in [2.05, 4.69) is 15.6 Å². The number of thiazole rings is 1. The van der Waals surface area contributed by atoms with Crippen molar-refractivity contribution in [2.45, 2.75) is 25.6 Å². The molecule has 2 aromatic carbocycles. The summed E-state index contributed by atoms with van der Waals surface area (Å²) in [5.41, 5.74) is 0.390. The van der Waals surface area contributed by atoms with Gasteiger partial charge in [0.2, 0.25) is 5.91 Å². The second-order valence-corrected chi connectivity index (χ2v) is 9.91. The molecule has 1 aliphatic heterocycles. The molecule has 1 aromatic heterocycles. The molecule has 0 saturated carbocycles. The van der Waals surface area contributed by atoms with Gasteiger partial charge in [0.1, 0.15) is 5.69 Å². The Morgan fingerprint density at radius 1 is 1.17 bits per heavy atom. The highest BCUT2D eigenvalue weighted by molar-refractivity contribution is 7.14. The third kappa shape index (κ3) is 6.29. The molecule has 2 N–H and O–H groups in total. The number of alkyl halides is 3. The van der Waals surface area contributed by atoms with E-state index in [4.69, 9.17) is 23.2 Å². The number of anilines is 2. The molecule has 0 spiro atoms. The summed E-state index contributed by atoms with van der Waals surface area (Å²) in [6, 6.07) is 9.97. The number of nitrogens with one attached hydrogen (secondary N) is 2. The van der Waals surface area contributed by atoms with Gasteiger partial charge >= 0.3 is 6.18 Å². The van der Waals surface area contributed by atoms with Crippen molar-refractivity contribution >= 4 is 57.2 Å². The summed E-state index contributed by atoms with van der Waals surface area (Å²) in [7, 11) is 0. The first kappa shape index (κ1) is 26.2. The number of carbonyl (C=O) groups excluding carboxylic acids is 2. The molecule has 3 aromatic rings. The van der Waals surface area contributed by atoms with Gasteiger partial charge in [0, 0.05) is 25.0 Å². The first-order chi connectivity index (χ1) is 17.1. The second-order valence-electron chi connectivity index (χ2n) is 8.27. The lowest BCUT2D eigenvalue weighted by Crippen LogP contribution is -2.45. The maximum absolute atomic E-state index is 13.0. The monoisotopic (exact) mass is 556 g/mol. The SMILES string of the molecule is O=C(NCc1cccc(C(F)(F)F)c1)[C@@H]1CCCN(C(=O)c2csc(Nc3cccc(Cl)c3Cl)n2)C1. The Bertz CT molecular complexity index is 1270. The summed E-state index contributed by atoms with van der Waals surface area (Å²) in [6.45, 7) is 0.657. The zero-order valence-electron chi connectivity index (χ0n) is 18.7. The number of hydrogen-bond acceptors (Lipinski definition) is 5. The summed E-state index contributed by atoms with van der Waals surface area (Å²) < 4.78 is 38.7. The minimum atomic E-state index is -4.45. The first-order valence-corrected chi connectivity index (χ1v) is 12.6. The quantitative estimate of drug-likeness (QED) is 0.369. The van der Waals surface area contributed by atoms with Crippen LogP contribution in [0.4, 0.5) is 24.0 Å². The van der Waals surface area contributed by atoms with Crippen molar-refractivity contribution in [3.8, 4) is 0 Å². The molecule has 36 heavy (non-hydrogen) atoms. The molecule has 6 nitrogen and oxygen atoms in total. The van der Waals surface area contributed by atoms with Crippen molar-refractivity contribution in [2.75, 3.05) is 18.4 Å². The van der Waals surface area contributed by atoms with E-state index in [1.54, 1.807) is 28.5 Å². The number of halogens is 5. The number of likely N-dealkylation sites (tertiary alicyclic amines) is 1. The van der Waals surface area contributed by atoms with E-state index in [0.29, 0.717) is 45.8 Å². The summed E-state index contributed by atoms with van der Waals surface area (Å²) in [4.78, 5) is 31.6. The number of amides is 2. The average Bonchev–Trinajstić information content (AvgIpc) is 3.33. The van der Waals surface area contributed by atoms with Crippen molar-refractivity contribution in [1.82, 2.24) is 15.2 Å². The lowest BCUT2D eigenvalue weighted by molar-refractivity contribution is -0.137. The highest BCUT2D eigenvalue weighted by Crippen LogP contribution is 2.33. The Labute approximate surface area is 219 Å². The first-order valence-electron chi connectivity index (χ1n) is 11.0. The van der Waals surface area contributed by atoms with Crippen LogP contribution in [0.1, 0.15) is 34.5 Å². The molecule has 1 aliphatic rings. The molecule has 12 heteroatoms. The molecule has 1 atom stereocenters. The number of hydrogen-bond donors (Lipinski definition) is 2. The predicted molar refractivity (Wildman–Crippen MR) is 134 cm³/mol. The highest BCUT2D eigenvalue weighted by atomic mass is 35.5. The number of rotatable bonds is 6. The second kappa shape index (κ2) is 11.1. The van der Waals surface area contributed by atoms with Crippen molar-refractivity contribution in [3.05, 3.63) is 74.7 Å². The van der Waals surface area contributed by atoms with Crippen LogP contribution in [-0.2, 0) is 17.5 Å². The molecule has 1 fully saturated rings. The summed E-state index contributed by atoms with van der Waals surface area (Å²) in [5.74, 6) is -1.07.